The van der Waals surface area contributed by atoms with Crippen LogP contribution in [-0.4, -0.2) is 17.7 Å². The maximum Gasteiger partial charge on any atom is 0.346 e. The van der Waals surface area contributed by atoms with Crippen LogP contribution in [0.15, 0.2) is 29.8 Å². The second-order valence-electron chi connectivity index (χ2n) is 3.36. The van der Waals surface area contributed by atoms with Crippen LogP contribution in [-0.2, 0) is 4.79 Å². The average molecular weight is 231 g/mol. The van der Waals surface area contributed by atoms with E-state index in [1.54, 1.807) is 30.3 Å². The molecule has 0 aromatic heterocycles. The van der Waals surface area contributed by atoms with Gasteiger partial charge in [0.25, 0.3) is 0 Å². The van der Waals surface area contributed by atoms with Gasteiger partial charge in [-0.1, -0.05) is 25.1 Å². The normalized spacial score (nSPS) is 10.7. The van der Waals surface area contributed by atoms with Gasteiger partial charge in [0.1, 0.15) is 17.4 Å². The van der Waals surface area contributed by atoms with E-state index in [2.05, 4.69) is 0 Å². The van der Waals surface area contributed by atoms with Crippen LogP contribution in [0.3, 0.4) is 0 Å². The molecule has 1 rings (SSSR count). The fourth-order valence-electron chi connectivity index (χ4n) is 1.24. The van der Waals surface area contributed by atoms with Gasteiger partial charge < -0.3 is 9.84 Å². The number of ether oxygens (including phenoxy) is 1. The van der Waals surface area contributed by atoms with Gasteiger partial charge in [-0.15, -0.1) is 0 Å². The van der Waals surface area contributed by atoms with E-state index in [0.29, 0.717) is 17.9 Å². The number of hydrogen-bond acceptors (Lipinski definition) is 3. The number of benzene rings is 1. The number of para-hydroxylation sites is 1. The summed E-state index contributed by atoms with van der Waals surface area (Å²) in [5.41, 5.74) is 0.289. The van der Waals surface area contributed by atoms with E-state index in [9.17, 15) is 4.79 Å². The molecule has 0 aliphatic heterocycles. The number of carboxylic acid groups (broad SMARTS) is 1. The SMILES string of the molecule is CCCOc1ccccc1/C=C(\C#N)C(=O)O. The van der Waals surface area contributed by atoms with Crippen molar-refractivity contribution in [3.8, 4) is 11.8 Å². The molecule has 0 bridgehead atoms. The summed E-state index contributed by atoms with van der Waals surface area (Å²) in [6, 6.07) is 8.67. The number of nitrogens with zero attached hydrogens (tertiary/aromatic N) is 1. The highest BCUT2D eigenvalue weighted by Gasteiger charge is 2.08. The van der Waals surface area contributed by atoms with Crippen molar-refractivity contribution in [2.75, 3.05) is 6.61 Å². The number of carboxylic acids is 1. The van der Waals surface area contributed by atoms with Gasteiger partial charge in [-0.3, -0.25) is 0 Å². The van der Waals surface area contributed by atoms with Gasteiger partial charge in [0, 0.05) is 5.56 Å². The van der Waals surface area contributed by atoms with E-state index in [1.165, 1.54) is 6.08 Å². The summed E-state index contributed by atoms with van der Waals surface area (Å²) >= 11 is 0. The molecule has 0 atom stereocenters. The summed E-state index contributed by atoms with van der Waals surface area (Å²) in [4.78, 5) is 10.7. The van der Waals surface area contributed by atoms with Crippen LogP contribution in [0.5, 0.6) is 5.75 Å². The largest absolute Gasteiger partial charge is 0.493 e. The Morgan fingerprint density at radius 1 is 1.53 bits per heavy atom. The molecule has 0 unspecified atom stereocenters. The third-order valence-electron chi connectivity index (χ3n) is 2.03. The smallest absolute Gasteiger partial charge is 0.346 e. The van der Waals surface area contributed by atoms with Gasteiger partial charge in [-0.25, -0.2) is 4.79 Å². The molecular weight excluding hydrogens is 218 g/mol. The van der Waals surface area contributed by atoms with Gasteiger partial charge in [-0.05, 0) is 18.6 Å². The van der Waals surface area contributed by atoms with Crippen LogP contribution < -0.4 is 4.74 Å². The molecule has 0 spiro atoms. The molecule has 4 heteroatoms. The molecule has 88 valence electrons. The topological polar surface area (TPSA) is 70.3 Å². The zero-order valence-electron chi connectivity index (χ0n) is 9.51. The van der Waals surface area contributed by atoms with Gasteiger partial charge in [0.15, 0.2) is 0 Å². The van der Waals surface area contributed by atoms with E-state index >= 15 is 0 Å². The number of hydrogen-bond donors (Lipinski definition) is 1. The fraction of sp³-hybridized carbons (Fsp3) is 0.231. The second-order valence-corrected chi connectivity index (χ2v) is 3.36. The third kappa shape index (κ3) is 3.65. The molecule has 0 aliphatic rings. The van der Waals surface area contributed by atoms with Crippen molar-refractivity contribution in [1.82, 2.24) is 0 Å². The molecule has 0 aliphatic carbocycles. The van der Waals surface area contributed by atoms with Crippen LogP contribution in [0.1, 0.15) is 18.9 Å². The molecule has 0 saturated carbocycles. The monoisotopic (exact) mass is 231 g/mol. The minimum Gasteiger partial charge on any atom is -0.493 e. The van der Waals surface area contributed by atoms with Crippen molar-refractivity contribution < 1.29 is 14.6 Å². The Balaban J connectivity index is 3.05. The fourth-order valence-corrected chi connectivity index (χ4v) is 1.24. The molecule has 1 aromatic rings. The Bertz CT molecular complexity index is 472. The van der Waals surface area contributed by atoms with Gasteiger partial charge in [0.2, 0.25) is 0 Å². The highest BCUT2D eigenvalue weighted by atomic mass is 16.5. The minimum absolute atomic E-state index is 0.308. The summed E-state index contributed by atoms with van der Waals surface area (Å²) in [6.45, 7) is 2.54. The summed E-state index contributed by atoms with van der Waals surface area (Å²) in [6.07, 6.45) is 2.18. The zero-order valence-corrected chi connectivity index (χ0v) is 9.51. The molecular formula is C13H13NO3. The van der Waals surface area contributed by atoms with Crippen LogP contribution in [0.4, 0.5) is 0 Å². The van der Waals surface area contributed by atoms with E-state index in [1.807, 2.05) is 6.92 Å². The Hall–Kier alpha value is -2.28. The van der Waals surface area contributed by atoms with E-state index in [0.717, 1.165) is 6.42 Å². The van der Waals surface area contributed by atoms with Crippen molar-refractivity contribution in [1.29, 1.82) is 5.26 Å². The van der Waals surface area contributed by atoms with Crippen LogP contribution in [0.2, 0.25) is 0 Å². The second kappa shape index (κ2) is 6.33. The lowest BCUT2D eigenvalue weighted by molar-refractivity contribution is -0.132. The Labute approximate surface area is 99.8 Å². The maximum absolute atomic E-state index is 10.7. The molecule has 17 heavy (non-hydrogen) atoms. The lowest BCUT2D eigenvalue weighted by atomic mass is 10.1. The molecule has 0 heterocycles. The van der Waals surface area contributed by atoms with Crippen LogP contribution in [0.25, 0.3) is 6.08 Å². The van der Waals surface area contributed by atoms with Gasteiger partial charge in [0.05, 0.1) is 6.61 Å². The number of carbonyl (C=O) groups is 1. The summed E-state index contributed by atoms with van der Waals surface area (Å²) in [5.74, 6) is -0.652. The van der Waals surface area contributed by atoms with Crippen molar-refractivity contribution >= 4 is 12.0 Å². The minimum atomic E-state index is -1.24. The van der Waals surface area contributed by atoms with Crippen molar-refractivity contribution in [2.45, 2.75) is 13.3 Å². The predicted molar refractivity (Wildman–Crippen MR) is 63.5 cm³/mol. The zero-order chi connectivity index (χ0) is 12.7. The first-order chi connectivity index (χ1) is 8.19. The van der Waals surface area contributed by atoms with Gasteiger partial charge in [-0.2, -0.15) is 5.26 Å². The first kappa shape index (κ1) is 12.8. The molecule has 1 aromatic carbocycles. The highest BCUT2D eigenvalue weighted by molar-refractivity contribution is 5.96. The van der Waals surface area contributed by atoms with Crippen molar-refractivity contribution in [3.05, 3.63) is 35.4 Å². The summed E-state index contributed by atoms with van der Waals surface area (Å²) in [7, 11) is 0. The Morgan fingerprint density at radius 2 is 2.24 bits per heavy atom. The van der Waals surface area contributed by atoms with Gasteiger partial charge >= 0.3 is 5.97 Å². The highest BCUT2D eigenvalue weighted by Crippen LogP contribution is 2.21. The first-order valence-corrected chi connectivity index (χ1v) is 5.26. The lowest BCUT2D eigenvalue weighted by Crippen LogP contribution is -2.00. The van der Waals surface area contributed by atoms with Crippen molar-refractivity contribution in [3.63, 3.8) is 0 Å². The summed E-state index contributed by atoms with van der Waals surface area (Å²) in [5, 5.41) is 17.5. The molecule has 0 saturated heterocycles. The predicted octanol–water partition coefficient (Wildman–Crippen LogP) is 2.47. The number of rotatable bonds is 5. The van der Waals surface area contributed by atoms with E-state index in [-0.39, 0.29) is 5.57 Å². The average Bonchev–Trinajstić information content (AvgIpc) is 2.34. The first-order valence-electron chi connectivity index (χ1n) is 5.26. The molecule has 0 fully saturated rings. The molecule has 0 radical (unpaired) electrons. The molecule has 0 amide bonds. The number of aliphatic carboxylic acids is 1. The van der Waals surface area contributed by atoms with Crippen LogP contribution >= 0.6 is 0 Å². The maximum atomic E-state index is 10.7. The molecule has 1 N–H and O–H groups in total. The Kier molecular flexibility index (Phi) is 4.77. The quantitative estimate of drug-likeness (QED) is 0.624. The van der Waals surface area contributed by atoms with Crippen molar-refractivity contribution in [2.24, 2.45) is 0 Å². The van der Waals surface area contributed by atoms with Crippen LogP contribution in [0, 0.1) is 11.3 Å². The standard InChI is InChI=1S/C13H13NO3/c1-2-7-17-12-6-4-3-5-10(12)8-11(9-14)13(15)16/h3-6,8H,2,7H2,1H3,(H,15,16)/b11-8+. The molecule has 4 nitrogen and oxygen atoms in total. The third-order valence-corrected chi connectivity index (χ3v) is 2.03. The van der Waals surface area contributed by atoms with E-state index in [4.69, 9.17) is 15.1 Å². The Morgan fingerprint density at radius 3 is 2.82 bits per heavy atom. The number of nitriles is 1. The lowest BCUT2D eigenvalue weighted by Gasteiger charge is -2.07. The van der Waals surface area contributed by atoms with E-state index < -0.39 is 5.97 Å². The summed E-state index contributed by atoms with van der Waals surface area (Å²) < 4.78 is 5.46.